The van der Waals surface area contributed by atoms with Gasteiger partial charge in [0, 0.05) is 26.2 Å². The minimum absolute atomic E-state index is 0.778. The number of hydrogen-bond donors (Lipinski definition) is 0. The summed E-state index contributed by atoms with van der Waals surface area (Å²) >= 11 is 18.9. The van der Waals surface area contributed by atoms with Gasteiger partial charge in [0.05, 0.1) is 0 Å². The normalized spacial score (nSPS) is 17.4. The van der Waals surface area contributed by atoms with Crippen molar-refractivity contribution in [2.45, 2.75) is 74.0 Å². The fourth-order valence-corrected chi connectivity index (χ4v) is 11.0. The number of fused-ring (bicyclic) bond motifs is 2. The maximum Gasteiger partial charge on any atom is 0.181 e. The summed E-state index contributed by atoms with van der Waals surface area (Å²) < 4.78 is 11.7. The standard InChI is InChI=1S/C14H20N5S6/c1-5-15-9-10(16(6-2)13(15)20)23-19(22-9)24-11-12(25-19)18(8-4)14(21)17(11)7-3/h5-8H2,1-4H3/q+1. The molecule has 25 heavy (non-hydrogen) atoms. The van der Waals surface area contributed by atoms with Crippen LogP contribution in [0.25, 0.3) is 0 Å². The lowest BCUT2D eigenvalue weighted by Gasteiger charge is -2.17. The summed E-state index contributed by atoms with van der Waals surface area (Å²) in [6, 6.07) is 0. The van der Waals surface area contributed by atoms with Gasteiger partial charge < -0.3 is 18.3 Å². The molecule has 0 fully saturated rings. The predicted molar refractivity (Wildman–Crippen MR) is 113 cm³/mol. The van der Waals surface area contributed by atoms with E-state index in [2.05, 4.69) is 46.0 Å². The number of rotatable bonds is 4. The van der Waals surface area contributed by atoms with Crippen molar-refractivity contribution in [3.63, 3.8) is 0 Å². The lowest BCUT2D eigenvalue weighted by molar-refractivity contribution is -0.268. The number of quaternary nitrogens is 1. The van der Waals surface area contributed by atoms with Crippen molar-refractivity contribution in [3.8, 4) is 0 Å². The third-order valence-electron chi connectivity index (χ3n) is 4.33. The van der Waals surface area contributed by atoms with Crippen LogP contribution in [0, 0.1) is 9.54 Å². The maximum atomic E-state index is 5.67. The lowest BCUT2D eigenvalue weighted by Crippen LogP contribution is -2.12. The molecule has 0 unspecified atom stereocenters. The molecule has 0 saturated heterocycles. The number of imidazole rings is 2. The highest BCUT2D eigenvalue weighted by molar-refractivity contribution is 8.31. The van der Waals surface area contributed by atoms with E-state index in [1.54, 1.807) is 0 Å². The Kier molecular flexibility index (Phi) is 4.96. The van der Waals surface area contributed by atoms with Gasteiger partial charge in [0.2, 0.25) is 0 Å². The summed E-state index contributed by atoms with van der Waals surface area (Å²) in [5, 5.41) is 5.20. The van der Waals surface area contributed by atoms with Crippen molar-refractivity contribution in [2.75, 3.05) is 0 Å². The predicted octanol–water partition coefficient (Wildman–Crippen LogP) is 6.00. The quantitative estimate of drug-likeness (QED) is 0.321. The molecule has 1 spiro atoms. The molecule has 4 rings (SSSR count). The van der Waals surface area contributed by atoms with Crippen LogP contribution in [0.3, 0.4) is 0 Å². The molecule has 0 bridgehead atoms. The van der Waals surface area contributed by atoms with Crippen LogP contribution in [0.2, 0.25) is 0 Å². The molecule has 0 saturated carbocycles. The van der Waals surface area contributed by atoms with Crippen molar-refractivity contribution in [1.29, 1.82) is 0 Å². The highest BCUT2D eigenvalue weighted by Gasteiger charge is 2.56. The molecule has 0 atom stereocenters. The third-order valence-corrected chi connectivity index (χ3v) is 11.4. The second-order valence-corrected chi connectivity index (χ2v) is 12.2. The first kappa shape index (κ1) is 18.6. The second kappa shape index (κ2) is 6.68. The van der Waals surface area contributed by atoms with Crippen molar-refractivity contribution in [3.05, 3.63) is 9.54 Å². The molecule has 136 valence electrons. The molecule has 0 radical (unpaired) electrons. The topological polar surface area (TPSA) is 19.7 Å². The molecule has 2 aliphatic rings. The second-order valence-electron chi connectivity index (χ2n) is 5.58. The van der Waals surface area contributed by atoms with E-state index in [4.69, 9.17) is 24.4 Å². The van der Waals surface area contributed by atoms with E-state index in [9.17, 15) is 0 Å². The molecular weight excluding hydrogens is 431 g/mol. The van der Waals surface area contributed by atoms with Crippen LogP contribution >= 0.6 is 72.2 Å². The SMILES string of the molecule is CCn1c2c(n(CC)c1=S)S[N+]1(S2)Sc2c(n(CC)c(=S)n2CC)S1. The highest BCUT2D eigenvalue weighted by Crippen LogP contribution is 2.71. The third kappa shape index (κ3) is 2.57. The van der Waals surface area contributed by atoms with Crippen LogP contribution in [-0.2, 0) is 26.2 Å². The van der Waals surface area contributed by atoms with E-state index in [0.717, 1.165) is 37.8 Å². The fraction of sp³-hybridized carbons (Fsp3) is 0.571. The number of aromatic nitrogens is 4. The molecule has 5 nitrogen and oxygen atoms in total. The summed E-state index contributed by atoms with van der Waals surface area (Å²) in [5.74, 6) is 0. The molecule has 0 aromatic carbocycles. The summed E-state index contributed by atoms with van der Waals surface area (Å²) in [7, 11) is 0. The maximum absolute atomic E-state index is 5.67. The van der Waals surface area contributed by atoms with Crippen LogP contribution in [0.15, 0.2) is 20.1 Å². The van der Waals surface area contributed by atoms with Crippen LogP contribution < -0.4 is 0 Å². The summed E-state index contributed by atoms with van der Waals surface area (Å²) in [6.45, 7) is 12.3. The van der Waals surface area contributed by atoms with Crippen molar-refractivity contribution < 1.29 is 2.10 Å². The van der Waals surface area contributed by atoms with Crippen LogP contribution in [0.4, 0.5) is 0 Å². The van der Waals surface area contributed by atoms with Gasteiger partial charge in [-0.2, -0.15) is 0 Å². The van der Waals surface area contributed by atoms with E-state index in [0.29, 0.717) is 0 Å². The Bertz CT molecular complexity index is 813. The van der Waals surface area contributed by atoms with Crippen LogP contribution in [0.5, 0.6) is 0 Å². The Morgan fingerprint density at radius 2 is 0.840 bits per heavy atom. The first-order valence-electron chi connectivity index (χ1n) is 8.34. The van der Waals surface area contributed by atoms with Crippen molar-refractivity contribution in [2.24, 2.45) is 0 Å². The van der Waals surface area contributed by atoms with Gasteiger partial charge in [-0.3, -0.25) is 0 Å². The van der Waals surface area contributed by atoms with Gasteiger partial charge in [-0.25, -0.2) is 0 Å². The van der Waals surface area contributed by atoms with Gasteiger partial charge in [-0.1, -0.05) is 2.10 Å². The first-order valence-corrected chi connectivity index (χ1v) is 12.2. The average Bonchev–Trinajstić information content (AvgIpc) is 3.24. The van der Waals surface area contributed by atoms with Crippen LogP contribution in [0.1, 0.15) is 27.7 Å². The summed E-state index contributed by atoms with van der Waals surface area (Å²) in [5.41, 5.74) is 0. The van der Waals surface area contributed by atoms with Gasteiger partial charge in [0.15, 0.2) is 77.4 Å². The monoisotopic (exact) mass is 450 g/mol. The van der Waals surface area contributed by atoms with Crippen molar-refractivity contribution >= 4 is 72.2 Å². The fourth-order valence-electron chi connectivity index (χ4n) is 3.10. The number of hydrogen-bond acceptors (Lipinski definition) is 6. The Morgan fingerprint density at radius 3 is 1.04 bits per heavy atom. The minimum Gasteiger partial charge on any atom is -0.306 e. The highest BCUT2D eigenvalue weighted by atomic mass is 32.3. The molecule has 2 aromatic rings. The molecule has 0 amide bonds. The molecule has 0 aliphatic carbocycles. The smallest absolute Gasteiger partial charge is 0.181 e. The number of nitrogens with zero attached hydrogens (tertiary/aromatic N) is 5. The van der Waals surface area contributed by atoms with Gasteiger partial charge in [0.25, 0.3) is 0 Å². The summed E-state index contributed by atoms with van der Waals surface area (Å²) in [6.07, 6.45) is 0. The van der Waals surface area contributed by atoms with E-state index in [1.165, 1.54) is 20.1 Å². The van der Waals surface area contributed by atoms with Crippen LogP contribution in [-0.4, -0.2) is 20.4 Å². The Hall–Kier alpha value is 0.220. The molecule has 2 aliphatic heterocycles. The van der Waals surface area contributed by atoms with E-state index >= 15 is 0 Å². The van der Waals surface area contributed by atoms with Crippen molar-refractivity contribution in [1.82, 2.24) is 18.3 Å². The molecular formula is C14H20N5S6+. The Balaban J connectivity index is 1.77. The largest absolute Gasteiger partial charge is 0.306 e. The molecule has 11 heteroatoms. The average molecular weight is 451 g/mol. The zero-order valence-electron chi connectivity index (χ0n) is 14.5. The zero-order chi connectivity index (χ0) is 17.9. The lowest BCUT2D eigenvalue weighted by atomic mass is 10.7. The molecule has 4 heterocycles. The first-order chi connectivity index (χ1) is 12.0. The molecule has 2 aromatic heterocycles. The van der Waals surface area contributed by atoms with E-state index in [-0.39, 0.29) is 0 Å². The van der Waals surface area contributed by atoms with Gasteiger partial charge >= 0.3 is 0 Å². The summed E-state index contributed by atoms with van der Waals surface area (Å²) in [4.78, 5) is 0. The van der Waals surface area contributed by atoms with E-state index < -0.39 is 0 Å². The van der Waals surface area contributed by atoms with E-state index in [1.807, 2.05) is 47.8 Å². The Morgan fingerprint density at radius 1 is 0.600 bits per heavy atom. The van der Waals surface area contributed by atoms with Gasteiger partial charge in [-0.05, 0) is 52.1 Å². The zero-order valence-corrected chi connectivity index (χ0v) is 19.4. The molecule has 0 N–H and O–H groups in total. The van der Waals surface area contributed by atoms with Gasteiger partial charge in [-0.15, -0.1) is 0 Å². The minimum atomic E-state index is 0.778. The Labute approximate surface area is 175 Å². The van der Waals surface area contributed by atoms with Gasteiger partial charge in [0.1, 0.15) is 0 Å².